The van der Waals surface area contributed by atoms with Crippen LogP contribution in [-0.4, -0.2) is 21.9 Å². The largest absolute Gasteiger partial charge is 0.312 e. The summed E-state index contributed by atoms with van der Waals surface area (Å²) in [5, 5.41) is 8.95. The Bertz CT molecular complexity index is 459. The van der Waals surface area contributed by atoms with Crippen molar-refractivity contribution in [3.63, 3.8) is 0 Å². The number of nitrogens with one attached hydrogen (secondary N) is 1. The van der Waals surface area contributed by atoms with Crippen LogP contribution in [0.15, 0.2) is 0 Å². The Hall–Kier alpha value is -0.540. The topological polar surface area (TPSA) is 29.9 Å². The Morgan fingerprint density at radius 3 is 2.50 bits per heavy atom. The van der Waals surface area contributed by atoms with E-state index in [1.165, 1.54) is 25.0 Å². The average molecular weight is 298 g/mol. The van der Waals surface area contributed by atoms with Crippen molar-refractivity contribution in [1.29, 1.82) is 0 Å². The van der Waals surface area contributed by atoms with Crippen molar-refractivity contribution in [2.75, 3.05) is 6.54 Å². The summed E-state index contributed by atoms with van der Waals surface area (Å²) in [5.41, 5.74) is 2.36. The van der Waals surface area contributed by atoms with Crippen molar-refractivity contribution in [2.24, 2.45) is 18.9 Å². The number of rotatable bonds is 4. The van der Waals surface area contributed by atoms with Gasteiger partial charge in [0.15, 0.2) is 0 Å². The molecule has 114 valence electrons. The van der Waals surface area contributed by atoms with Crippen molar-refractivity contribution in [3.05, 3.63) is 16.4 Å². The lowest BCUT2D eigenvalue weighted by Crippen LogP contribution is -2.40. The molecule has 1 aromatic rings. The standard InChI is InChI=1S/C16H28ClN3/c1-11-15(17)14(20(5)19-11)9-12-7-6-8-13(12)10-18-16(2,3)4/h12-13,18H,6-10H2,1-5H3. The molecular formula is C16H28ClN3. The molecule has 3 nitrogen and oxygen atoms in total. The summed E-state index contributed by atoms with van der Waals surface area (Å²) in [5.74, 6) is 1.50. The van der Waals surface area contributed by atoms with Gasteiger partial charge in [0.25, 0.3) is 0 Å². The molecule has 1 N–H and O–H groups in total. The highest BCUT2D eigenvalue weighted by Crippen LogP contribution is 2.35. The molecule has 1 aromatic heterocycles. The van der Waals surface area contributed by atoms with Crippen LogP contribution in [0.3, 0.4) is 0 Å². The fraction of sp³-hybridized carbons (Fsp3) is 0.812. The van der Waals surface area contributed by atoms with E-state index in [0.717, 1.165) is 35.5 Å². The quantitative estimate of drug-likeness (QED) is 0.918. The number of hydrogen-bond acceptors (Lipinski definition) is 2. The van der Waals surface area contributed by atoms with Crippen molar-refractivity contribution < 1.29 is 0 Å². The molecule has 0 aromatic carbocycles. The van der Waals surface area contributed by atoms with Gasteiger partial charge < -0.3 is 5.32 Å². The van der Waals surface area contributed by atoms with E-state index in [2.05, 4.69) is 31.2 Å². The fourth-order valence-corrected chi connectivity index (χ4v) is 3.48. The van der Waals surface area contributed by atoms with Gasteiger partial charge in [-0.15, -0.1) is 0 Å². The van der Waals surface area contributed by atoms with Gasteiger partial charge in [0.1, 0.15) is 0 Å². The SMILES string of the molecule is Cc1nn(C)c(CC2CCCC2CNC(C)(C)C)c1Cl. The van der Waals surface area contributed by atoms with Crippen LogP contribution in [0.1, 0.15) is 51.4 Å². The zero-order valence-electron chi connectivity index (χ0n) is 13.5. The lowest BCUT2D eigenvalue weighted by molar-refractivity contribution is 0.314. The van der Waals surface area contributed by atoms with Gasteiger partial charge in [-0.3, -0.25) is 4.68 Å². The van der Waals surface area contributed by atoms with E-state index in [0.29, 0.717) is 0 Å². The second kappa shape index (κ2) is 6.07. The number of nitrogens with zero attached hydrogens (tertiary/aromatic N) is 2. The van der Waals surface area contributed by atoms with Gasteiger partial charge in [0.2, 0.25) is 0 Å². The highest BCUT2D eigenvalue weighted by molar-refractivity contribution is 6.31. The Balaban J connectivity index is 2.01. The molecule has 1 aliphatic rings. The fourth-order valence-electron chi connectivity index (χ4n) is 3.24. The summed E-state index contributed by atoms with van der Waals surface area (Å²) < 4.78 is 1.96. The number of halogens is 1. The third kappa shape index (κ3) is 3.76. The molecule has 1 heterocycles. The summed E-state index contributed by atoms with van der Waals surface area (Å²) in [6.07, 6.45) is 5.06. The molecule has 0 spiro atoms. The summed E-state index contributed by atoms with van der Waals surface area (Å²) in [6.45, 7) is 9.80. The maximum Gasteiger partial charge on any atom is 0.0847 e. The Kier molecular flexibility index (Phi) is 4.80. The minimum atomic E-state index is 0.202. The van der Waals surface area contributed by atoms with Gasteiger partial charge >= 0.3 is 0 Å². The molecule has 2 unspecified atom stereocenters. The molecule has 1 saturated carbocycles. The van der Waals surface area contributed by atoms with E-state index >= 15 is 0 Å². The first-order chi connectivity index (χ1) is 9.28. The molecule has 0 saturated heterocycles. The third-order valence-electron chi connectivity index (χ3n) is 4.43. The van der Waals surface area contributed by atoms with Gasteiger partial charge in [0.05, 0.1) is 16.4 Å². The van der Waals surface area contributed by atoms with Gasteiger partial charge in [0, 0.05) is 12.6 Å². The monoisotopic (exact) mass is 297 g/mol. The highest BCUT2D eigenvalue weighted by atomic mass is 35.5. The summed E-state index contributed by atoms with van der Waals surface area (Å²) in [7, 11) is 2.01. The molecule has 0 radical (unpaired) electrons. The van der Waals surface area contributed by atoms with Crippen molar-refractivity contribution >= 4 is 11.6 Å². The van der Waals surface area contributed by atoms with Gasteiger partial charge in [-0.1, -0.05) is 18.0 Å². The van der Waals surface area contributed by atoms with Crippen LogP contribution >= 0.6 is 11.6 Å². The van der Waals surface area contributed by atoms with E-state index in [4.69, 9.17) is 11.6 Å². The molecule has 20 heavy (non-hydrogen) atoms. The lowest BCUT2D eigenvalue weighted by Gasteiger charge is -2.26. The smallest absolute Gasteiger partial charge is 0.0847 e. The Morgan fingerprint density at radius 1 is 1.30 bits per heavy atom. The predicted molar refractivity (Wildman–Crippen MR) is 85.2 cm³/mol. The summed E-state index contributed by atoms with van der Waals surface area (Å²) >= 11 is 6.39. The van der Waals surface area contributed by atoms with Crippen LogP contribution < -0.4 is 5.32 Å². The van der Waals surface area contributed by atoms with E-state index in [9.17, 15) is 0 Å². The summed E-state index contributed by atoms with van der Waals surface area (Å²) in [4.78, 5) is 0. The van der Waals surface area contributed by atoms with Crippen LogP contribution in [0, 0.1) is 18.8 Å². The minimum absolute atomic E-state index is 0.202. The number of aromatic nitrogens is 2. The van der Waals surface area contributed by atoms with Crippen LogP contribution in [0.5, 0.6) is 0 Å². The highest BCUT2D eigenvalue weighted by Gasteiger charge is 2.30. The van der Waals surface area contributed by atoms with Crippen molar-refractivity contribution in [1.82, 2.24) is 15.1 Å². The zero-order valence-corrected chi connectivity index (χ0v) is 14.2. The average Bonchev–Trinajstić information content (AvgIpc) is 2.87. The van der Waals surface area contributed by atoms with Crippen LogP contribution in [0.4, 0.5) is 0 Å². The normalized spacial score (nSPS) is 23.5. The minimum Gasteiger partial charge on any atom is -0.312 e. The maximum absolute atomic E-state index is 6.39. The molecule has 0 bridgehead atoms. The van der Waals surface area contributed by atoms with Gasteiger partial charge in [-0.05, 0) is 65.3 Å². The molecule has 4 heteroatoms. The van der Waals surface area contributed by atoms with Crippen LogP contribution in [0.2, 0.25) is 5.02 Å². The van der Waals surface area contributed by atoms with E-state index in [-0.39, 0.29) is 5.54 Å². The molecule has 2 rings (SSSR count). The maximum atomic E-state index is 6.39. The van der Waals surface area contributed by atoms with E-state index < -0.39 is 0 Å². The van der Waals surface area contributed by atoms with E-state index in [1.807, 2.05) is 18.7 Å². The summed E-state index contributed by atoms with van der Waals surface area (Å²) in [6, 6.07) is 0. The van der Waals surface area contributed by atoms with E-state index in [1.54, 1.807) is 0 Å². The lowest BCUT2D eigenvalue weighted by atomic mass is 9.90. The number of hydrogen-bond donors (Lipinski definition) is 1. The van der Waals surface area contributed by atoms with Crippen LogP contribution in [0.25, 0.3) is 0 Å². The second-order valence-corrected chi connectivity index (χ2v) is 7.63. The molecule has 0 amide bonds. The second-order valence-electron chi connectivity index (χ2n) is 7.26. The first-order valence-electron chi connectivity index (χ1n) is 7.71. The van der Waals surface area contributed by atoms with Crippen molar-refractivity contribution in [2.45, 2.75) is 58.9 Å². The first kappa shape index (κ1) is 15.8. The first-order valence-corrected chi connectivity index (χ1v) is 8.08. The number of aryl methyl sites for hydroxylation is 2. The molecule has 2 atom stereocenters. The van der Waals surface area contributed by atoms with Crippen LogP contribution in [-0.2, 0) is 13.5 Å². The van der Waals surface area contributed by atoms with Gasteiger partial charge in [-0.2, -0.15) is 5.10 Å². The van der Waals surface area contributed by atoms with Crippen molar-refractivity contribution in [3.8, 4) is 0 Å². The van der Waals surface area contributed by atoms with Gasteiger partial charge in [-0.25, -0.2) is 0 Å². The molecular weight excluding hydrogens is 270 g/mol. The molecule has 1 aliphatic carbocycles. The Morgan fingerprint density at radius 2 is 1.95 bits per heavy atom. The Labute approximate surface area is 128 Å². The molecule has 1 fully saturated rings. The third-order valence-corrected chi connectivity index (χ3v) is 4.92. The molecule has 0 aliphatic heterocycles. The predicted octanol–water partition coefficient (Wildman–Crippen LogP) is 3.73. The zero-order chi connectivity index (χ0) is 14.9.